The molecule has 0 aromatic heterocycles. The summed E-state index contributed by atoms with van der Waals surface area (Å²) < 4.78 is 29.8. The fraction of sp³-hybridized carbons (Fsp3) is 0.467. The molecule has 1 fully saturated rings. The van der Waals surface area contributed by atoms with E-state index in [1.54, 1.807) is 23.1 Å². The fourth-order valence-electron chi connectivity index (χ4n) is 2.77. The van der Waals surface area contributed by atoms with Gasteiger partial charge in [-0.1, -0.05) is 12.1 Å². The molecule has 0 atom stereocenters. The van der Waals surface area contributed by atoms with Crippen molar-refractivity contribution in [1.29, 1.82) is 0 Å². The maximum absolute atomic E-state index is 12.4. The van der Waals surface area contributed by atoms with Gasteiger partial charge in [-0.2, -0.15) is 0 Å². The Bertz CT molecular complexity index is 725. The number of amides is 2. The van der Waals surface area contributed by atoms with Crippen molar-refractivity contribution in [3.05, 3.63) is 24.3 Å². The maximum atomic E-state index is 12.4. The van der Waals surface area contributed by atoms with Crippen LogP contribution in [0, 0.1) is 0 Å². The minimum atomic E-state index is -3.51. The first kappa shape index (κ1) is 15.9. The second-order valence-electron chi connectivity index (χ2n) is 5.51. The summed E-state index contributed by atoms with van der Waals surface area (Å²) in [7, 11) is -3.51. The third-order valence-corrected chi connectivity index (χ3v) is 5.79. The van der Waals surface area contributed by atoms with E-state index in [2.05, 4.69) is 0 Å². The minimum Gasteiger partial charge on any atom is -0.378 e. The SMILES string of the molecule is O=C(CN1C(=O)CCS(=O)(=O)c2ccccc21)N1CCOCC1. The van der Waals surface area contributed by atoms with Gasteiger partial charge in [0.15, 0.2) is 9.84 Å². The van der Waals surface area contributed by atoms with Gasteiger partial charge in [-0.25, -0.2) is 8.42 Å². The molecular formula is C15H18N2O5S. The van der Waals surface area contributed by atoms with E-state index in [9.17, 15) is 18.0 Å². The van der Waals surface area contributed by atoms with Gasteiger partial charge in [0.25, 0.3) is 0 Å². The molecule has 7 nitrogen and oxygen atoms in total. The summed E-state index contributed by atoms with van der Waals surface area (Å²) in [5.41, 5.74) is 0.289. The standard InChI is InChI=1S/C15H18N2O5S/c18-14-5-10-23(20,21)13-4-2-1-3-12(13)17(14)11-15(19)16-6-8-22-9-7-16/h1-4H,5-11H2. The monoisotopic (exact) mass is 338 g/mol. The van der Waals surface area contributed by atoms with Crippen LogP contribution in [-0.4, -0.2) is 63.7 Å². The van der Waals surface area contributed by atoms with E-state index in [0.717, 1.165) is 0 Å². The normalized spacial score (nSPS) is 20.8. The highest BCUT2D eigenvalue weighted by Crippen LogP contribution is 2.30. The molecule has 0 radical (unpaired) electrons. The van der Waals surface area contributed by atoms with Gasteiger partial charge >= 0.3 is 0 Å². The van der Waals surface area contributed by atoms with E-state index in [1.807, 2.05) is 0 Å². The summed E-state index contributed by atoms with van der Waals surface area (Å²) in [6, 6.07) is 6.34. The Kier molecular flexibility index (Phi) is 4.36. The smallest absolute Gasteiger partial charge is 0.242 e. The van der Waals surface area contributed by atoms with Crippen LogP contribution in [0.25, 0.3) is 0 Å². The van der Waals surface area contributed by atoms with Crippen LogP contribution in [0.15, 0.2) is 29.2 Å². The lowest BCUT2D eigenvalue weighted by Gasteiger charge is -2.30. The van der Waals surface area contributed by atoms with Gasteiger partial charge in [-0.15, -0.1) is 0 Å². The quantitative estimate of drug-likeness (QED) is 0.761. The van der Waals surface area contributed by atoms with Crippen molar-refractivity contribution in [1.82, 2.24) is 4.90 Å². The molecule has 2 aliphatic heterocycles. The molecule has 2 aliphatic rings. The van der Waals surface area contributed by atoms with E-state index in [1.165, 1.54) is 11.0 Å². The highest BCUT2D eigenvalue weighted by Gasteiger charge is 2.32. The number of carbonyl (C=O) groups is 2. The molecule has 0 N–H and O–H groups in total. The molecule has 2 amide bonds. The van der Waals surface area contributed by atoms with Crippen LogP contribution in [0.1, 0.15) is 6.42 Å². The van der Waals surface area contributed by atoms with Gasteiger partial charge in [0.05, 0.1) is 29.5 Å². The van der Waals surface area contributed by atoms with Crippen LogP contribution >= 0.6 is 0 Å². The number of morpholine rings is 1. The number of rotatable bonds is 2. The Hall–Kier alpha value is -1.93. The van der Waals surface area contributed by atoms with Crippen molar-refractivity contribution in [2.24, 2.45) is 0 Å². The Labute approximate surface area is 134 Å². The largest absolute Gasteiger partial charge is 0.378 e. The number of benzene rings is 1. The van der Waals surface area contributed by atoms with Gasteiger partial charge in [0, 0.05) is 19.5 Å². The predicted octanol–water partition coefficient (Wildman–Crippen LogP) is 0.0558. The number of hydrogen-bond acceptors (Lipinski definition) is 5. The zero-order valence-electron chi connectivity index (χ0n) is 12.6. The predicted molar refractivity (Wildman–Crippen MR) is 82.9 cm³/mol. The lowest BCUT2D eigenvalue weighted by molar-refractivity contribution is -0.135. The van der Waals surface area contributed by atoms with E-state index in [4.69, 9.17) is 4.74 Å². The van der Waals surface area contributed by atoms with Crippen LogP contribution in [0.5, 0.6) is 0 Å². The fourth-order valence-corrected chi connectivity index (χ4v) is 4.21. The van der Waals surface area contributed by atoms with Crippen molar-refractivity contribution in [3.8, 4) is 0 Å². The summed E-state index contributed by atoms with van der Waals surface area (Å²) in [6.45, 7) is 1.78. The number of carbonyl (C=O) groups excluding carboxylic acids is 2. The number of fused-ring (bicyclic) bond motifs is 1. The molecule has 0 bridgehead atoms. The van der Waals surface area contributed by atoms with Gasteiger partial charge in [-0.05, 0) is 12.1 Å². The molecule has 3 rings (SSSR count). The lowest BCUT2D eigenvalue weighted by Crippen LogP contribution is -2.47. The van der Waals surface area contributed by atoms with E-state index in [0.29, 0.717) is 26.3 Å². The van der Waals surface area contributed by atoms with E-state index >= 15 is 0 Å². The molecule has 2 heterocycles. The average molecular weight is 338 g/mol. The number of para-hydroxylation sites is 1. The van der Waals surface area contributed by atoms with Crippen LogP contribution < -0.4 is 4.90 Å². The third kappa shape index (κ3) is 3.23. The van der Waals surface area contributed by atoms with E-state index in [-0.39, 0.29) is 41.1 Å². The van der Waals surface area contributed by atoms with Crippen LogP contribution in [0.4, 0.5) is 5.69 Å². The summed E-state index contributed by atoms with van der Waals surface area (Å²) >= 11 is 0. The first-order valence-electron chi connectivity index (χ1n) is 7.47. The van der Waals surface area contributed by atoms with Crippen molar-refractivity contribution >= 4 is 27.3 Å². The van der Waals surface area contributed by atoms with Gasteiger partial charge in [0.1, 0.15) is 6.54 Å². The number of hydrogen-bond donors (Lipinski definition) is 0. The molecule has 1 aromatic carbocycles. The van der Waals surface area contributed by atoms with E-state index < -0.39 is 9.84 Å². The zero-order chi connectivity index (χ0) is 16.4. The number of anilines is 1. The highest BCUT2D eigenvalue weighted by molar-refractivity contribution is 7.91. The van der Waals surface area contributed by atoms with Crippen LogP contribution in [-0.2, 0) is 24.2 Å². The summed E-state index contributed by atoms with van der Waals surface area (Å²) in [4.78, 5) is 27.8. The second-order valence-corrected chi connectivity index (χ2v) is 7.59. The first-order chi connectivity index (χ1) is 11.0. The molecule has 1 saturated heterocycles. The molecule has 23 heavy (non-hydrogen) atoms. The van der Waals surface area contributed by atoms with Gasteiger partial charge in [0.2, 0.25) is 11.8 Å². The Balaban J connectivity index is 1.90. The Morgan fingerprint density at radius 1 is 1.17 bits per heavy atom. The van der Waals surface area contributed by atoms with Crippen molar-refractivity contribution < 1.29 is 22.7 Å². The first-order valence-corrected chi connectivity index (χ1v) is 9.12. The second kappa shape index (κ2) is 6.29. The lowest BCUT2D eigenvalue weighted by atomic mass is 10.2. The molecule has 124 valence electrons. The van der Waals surface area contributed by atoms with Crippen molar-refractivity contribution in [2.75, 3.05) is 43.5 Å². The van der Waals surface area contributed by atoms with Crippen LogP contribution in [0.3, 0.4) is 0 Å². The van der Waals surface area contributed by atoms with Crippen molar-refractivity contribution in [3.63, 3.8) is 0 Å². The number of nitrogens with zero attached hydrogens (tertiary/aromatic N) is 2. The number of ether oxygens (including phenoxy) is 1. The summed E-state index contributed by atoms with van der Waals surface area (Å²) in [6.07, 6.45) is -0.118. The Morgan fingerprint density at radius 3 is 2.61 bits per heavy atom. The molecule has 0 spiro atoms. The molecule has 0 aliphatic carbocycles. The molecular weight excluding hydrogens is 320 g/mol. The maximum Gasteiger partial charge on any atom is 0.242 e. The van der Waals surface area contributed by atoms with Crippen LogP contribution in [0.2, 0.25) is 0 Å². The summed E-state index contributed by atoms with van der Waals surface area (Å²) in [5.74, 6) is -0.777. The topological polar surface area (TPSA) is 84.0 Å². The highest BCUT2D eigenvalue weighted by atomic mass is 32.2. The van der Waals surface area contributed by atoms with Gasteiger partial charge < -0.3 is 14.5 Å². The Morgan fingerprint density at radius 2 is 1.87 bits per heavy atom. The molecule has 0 saturated carbocycles. The van der Waals surface area contributed by atoms with Crippen molar-refractivity contribution in [2.45, 2.75) is 11.3 Å². The minimum absolute atomic E-state index is 0.112. The van der Waals surface area contributed by atoms with Gasteiger partial charge in [-0.3, -0.25) is 9.59 Å². The zero-order valence-corrected chi connectivity index (χ0v) is 13.4. The molecule has 8 heteroatoms. The number of sulfone groups is 1. The average Bonchev–Trinajstić information content (AvgIpc) is 2.66. The molecule has 0 unspecified atom stereocenters. The third-order valence-electron chi connectivity index (χ3n) is 4.03. The molecule has 1 aromatic rings. The summed E-state index contributed by atoms with van der Waals surface area (Å²) in [5, 5.41) is 0.